The largest absolute Gasteiger partial charge is 0.461 e. The number of carbonyl (C=O) groups is 3. The monoisotopic (exact) mass is 606 g/mol. The van der Waals surface area contributed by atoms with E-state index in [-0.39, 0.29) is 25.7 Å². The van der Waals surface area contributed by atoms with E-state index in [2.05, 4.69) is 5.32 Å². The van der Waals surface area contributed by atoms with Gasteiger partial charge in [0.2, 0.25) is 0 Å². The minimum absolute atomic E-state index is 0.0779. The van der Waals surface area contributed by atoms with Crippen LogP contribution in [0, 0.1) is 11.8 Å². The number of urea groups is 1. The van der Waals surface area contributed by atoms with Gasteiger partial charge in [0.25, 0.3) is 0 Å². The van der Waals surface area contributed by atoms with E-state index in [4.69, 9.17) is 14.2 Å². The van der Waals surface area contributed by atoms with Crippen molar-refractivity contribution in [2.24, 2.45) is 11.8 Å². The molecule has 0 aliphatic heterocycles. The molecule has 0 bridgehead atoms. The van der Waals surface area contributed by atoms with Crippen molar-refractivity contribution in [2.75, 3.05) is 6.54 Å². The van der Waals surface area contributed by atoms with Crippen molar-refractivity contribution in [3.8, 4) is 11.5 Å². The van der Waals surface area contributed by atoms with Crippen LogP contribution in [0.15, 0.2) is 115 Å². The molecule has 1 saturated carbocycles. The summed E-state index contributed by atoms with van der Waals surface area (Å²) < 4.78 is 17.1. The van der Waals surface area contributed by atoms with Gasteiger partial charge >= 0.3 is 18.0 Å². The lowest BCUT2D eigenvalue weighted by Crippen LogP contribution is -2.60. The molecule has 8 heteroatoms. The van der Waals surface area contributed by atoms with Gasteiger partial charge in [-0.1, -0.05) is 97.9 Å². The van der Waals surface area contributed by atoms with Gasteiger partial charge in [-0.2, -0.15) is 0 Å². The summed E-state index contributed by atoms with van der Waals surface area (Å²) in [6.45, 7) is 3.09. The van der Waals surface area contributed by atoms with Crippen LogP contribution < -0.4 is 10.1 Å². The number of benzene rings is 4. The Morgan fingerprint density at radius 1 is 0.689 bits per heavy atom. The average molecular weight is 607 g/mol. The van der Waals surface area contributed by atoms with E-state index < -0.39 is 29.8 Å². The highest BCUT2D eigenvalue weighted by Gasteiger charge is 2.52. The van der Waals surface area contributed by atoms with Crippen molar-refractivity contribution in [3.63, 3.8) is 0 Å². The maximum absolute atomic E-state index is 13.5. The molecule has 3 unspecified atom stereocenters. The zero-order valence-electron chi connectivity index (χ0n) is 25.3. The first-order valence-electron chi connectivity index (χ1n) is 15.3. The molecule has 1 aliphatic rings. The van der Waals surface area contributed by atoms with E-state index in [1.54, 1.807) is 4.90 Å². The third kappa shape index (κ3) is 8.72. The molecule has 1 aliphatic carbocycles. The van der Waals surface area contributed by atoms with Crippen molar-refractivity contribution in [3.05, 3.63) is 132 Å². The van der Waals surface area contributed by atoms with E-state index in [0.29, 0.717) is 18.8 Å². The summed E-state index contributed by atoms with van der Waals surface area (Å²) in [6.07, 6.45) is 1.04. The third-order valence-corrected chi connectivity index (χ3v) is 7.76. The number of nitrogens with zero attached hydrogens (tertiary/aromatic N) is 1. The molecule has 3 atom stereocenters. The van der Waals surface area contributed by atoms with Gasteiger partial charge in [-0.05, 0) is 53.8 Å². The Balaban J connectivity index is 1.22. The van der Waals surface area contributed by atoms with E-state index >= 15 is 0 Å². The third-order valence-electron chi connectivity index (χ3n) is 7.76. The standard InChI is InChI=1S/C37H38N2O6/c1-2-22-39(24-27-18-20-31(21-19-27)45-30-16-10-5-11-17-30)37(42)38-33-23-32(35(40)43-25-28-12-6-3-7-13-28)34(33)36(41)44-26-29-14-8-4-9-15-29/h3-21,32-34H,2,22-26H2,1H3,(H,38,42). The summed E-state index contributed by atoms with van der Waals surface area (Å²) in [6, 6.07) is 35.0. The molecular formula is C37H38N2O6. The molecule has 1 N–H and O–H groups in total. The van der Waals surface area contributed by atoms with Crippen molar-refractivity contribution >= 4 is 18.0 Å². The molecule has 232 valence electrons. The minimum atomic E-state index is -0.848. The summed E-state index contributed by atoms with van der Waals surface area (Å²) in [5, 5.41) is 3.01. The molecule has 0 heterocycles. The second-order valence-corrected chi connectivity index (χ2v) is 11.1. The van der Waals surface area contributed by atoms with Crippen LogP contribution in [-0.4, -0.2) is 35.5 Å². The van der Waals surface area contributed by atoms with Crippen molar-refractivity contribution in [2.45, 2.75) is 45.6 Å². The van der Waals surface area contributed by atoms with Gasteiger partial charge in [-0.25, -0.2) is 4.79 Å². The van der Waals surface area contributed by atoms with E-state index in [0.717, 1.165) is 28.9 Å². The first-order chi connectivity index (χ1) is 22.0. The number of amides is 2. The van der Waals surface area contributed by atoms with Crippen LogP contribution in [0.4, 0.5) is 4.79 Å². The molecule has 5 rings (SSSR count). The van der Waals surface area contributed by atoms with Crippen molar-refractivity contribution < 1.29 is 28.6 Å². The number of rotatable bonds is 13. The fourth-order valence-electron chi connectivity index (χ4n) is 5.31. The SMILES string of the molecule is CCCN(Cc1ccc(Oc2ccccc2)cc1)C(=O)NC1CC(C(=O)OCc2ccccc2)C1C(=O)OCc1ccccc1. The Kier molecular flexibility index (Phi) is 10.8. The highest BCUT2D eigenvalue weighted by molar-refractivity contribution is 5.86. The van der Waals surface area contributed by atoms with Crippen LogP contribution in [0.5, 0.6) is 11.5 Å². The first kappa shape index (κ1) is 31.3. The van der Waals surface area contributed by atoms with Gasteiger partial charge in [0.05, 0.1) is 11.8 Å². The van der Waals surface area contributed by atoms with E-state index in [9.17, 15) is 14.4 Å². The zero-order chi connectivity index (χ0) is 31.4. The molecule has 2 amide bonds. The van der Waals surface area contributed by atoms with Crippen LogP contribution in [-0.2, 0) is 38.8 Å². The summed E-state index contributed by atoms with van der Waals surface area (Å²) in [7, 11) is 0. The highest BCUT2D eigenvalue weighted by atomic mass is 16.5. The molecule has 4 aromatic carbocycles. The smallest absolute Gasteiger partial charge is 0.317 e. The Bertz CT molecular complexity index is 1530. The zero-order valence-corrected chi connectivity index (χ0v) is 25.3. The highest BCUT2D eigenvalue weighted by Crippen LogP contribution is 2.37. The van der Waals surface area contributed by atoms with E-state index in [1.165, 1.54) is 0 Å². The van der Waals surface area contributed by atoms with Crippen molar-refractivity contribution in [1.82, 2.24) is 10.2 Å². The van der Waals surface area contributed by atoms with E-state index in [1.807, 2.05) is 122 Å². The molecule has 0 saturated heterocycles. The van der Waals surface area contributed by atoms with Crippen LogP contribution >= 0.6 is 0 Å². The minimum Gasteiger partial charge on any atom is -0.461 e. The van der Waals surface area contributed by atoms with Gasteiger partial charge in [0.1, 0.15) is 24.7 Å². The fraction of sp³-hybridized carbons (Fsp3) is 0.270. The molecule has 0 radical (unpaired) electrons. The van der Waals surface area contributed by atoms with Crippen LogP contribution in [0.3, 0.4) is 0 Å². The predicted molar refractivity (Wildman–Crippen MR) is 170 cm³/mol. The summed E-state index contributed by atoms with van der Waals surface area (Å²) in [5.74, 6) is -1.12. The van der Waals surface area contributed by atoms with Crippen LogP contribution in [0.1, 0.15) is 36.5 Å². The number of hydrogen-bond acceptors (Lipinski definition) is 6. The van der Waals surface area contributed by atoms with Crippen LogP contribution in [0.25, 0.3) is 0 Å². The quantitative estimate of drug-likeness (QED) is 0.167. The van der Waals surface area contributed by atoms with Gasteiger partial charge < -0.3 is 24.4 Å². The first-order valence-corrected chi connectivity index (χ1v) is 15.3. The Morgan fingerprint density at radius 2 is 1.22 bits per heavy atom. The number of ether oxygens (including phenoxy) is 3. The van der Waals surface area contributed by atoms with Crippen LogP contribution in [0.2, 0.25) is 0 Å². The normalized spacial score (nSPS) is 17.0. The Morgan fingerprint density at radius 3 is 1.80 bits per heavy atom. The molecular weight excluding hydrogens is 568 g/mol. The number of esters is 2. The molecule has 4 aromatic rings. The Hall–Kier alpha value is -5.11. The van der Waals surface area contributed by atoms with Gasteiger partial charge in [-0.15, -0.1) is 0 Å². The summed E-state index contributed by atoms with van der Waals surface area (Å²) in [5.41, 5.74) is 2.63. The predicted octanol–water partition coefficient (Wildman–Crippen LogP) is 6.89. The van der Waals surface area contributed by atoms with Gasteiger partial charge in [-0.3, -0.25) is 9.59 Å². The lowest BCUT2D eigenvalue weighted by molar-refractivity contribution is -0.171. The fourth-order valence-corrected chi connectivity index (χ4v) is 5.31. The maximum Gasteiger partial charge on any atom is 0.317 e. The lowest BCUT2D eigenvalue weighted by Gasteiger charge is -2.42. The number of nitrogens with one attached hydrogen (secondary N) is 1. The maximum atomic E-state index is 13.5. The summed E-state index contributed by atoms with van der Waals surface area (Å²) in [4.78, 5) is 41.6. The Labute approximate surface area is 263 Å². The topological polar surface area (TPSA) is 94.2 Å². The average Bonchev–Trinajstić information content (AvgIpc) is 3.06. The van der Waals surface area contributed by atoms with Crippen molar-refractivity contribution in [1.29, 1.82) is 0 Å². The lowest BCUT2D eigenvalue weighted by atomic mass is 9.69. The number of hydrogen-bond donors (Lipinski definition) is 1. The molecule has 0 aromatic heterocycles. The second kappa shape index (κ2) is 15.6. The molecule has 1 fully saturated rings. The number of para-hydroxylation sites is 1. The molecule has 0 spiro atoms. The summed E-state index contributed by atoms with van der Waals surface area (Å²) >= 11 is 0. The molecule has 8 nitrogen and oxygen atoms in total. The second-order valence-electron chi connectivity index (χ2n) is 11.1. The van der Waals surface area contributed by atoms with Gasteiger partial charge in [0.15, 0.2) is 0 Å². The number of carbonyl (C=O) groups excluding carboxylic acids is 3. The molecule has 45 heavy (non-hydrogen) atoms. The van der Waals surface area contributed by atoms with Gasteiger partial charge in [0, 0.05) is 19.1 Å².